The molecule has 0 N–H and O–H groups in total. The van der Waals surface area contributed by atoms with Crippen LogP contribution < -0.4 is 4.90 Å². The number of rotatable bonds is 1. The fraction of sp³-hybridized carbons (Fsp3) is 0.286. The summed E-state index contributed by atoms with van der Waals surface area (Å²) < 4.78 is 18.5. The van der Waals surface area contributed by atoms with Gasteiger partial charge in [0.15, 0.2) is 0 Å². The number of hydrogen-bond donors (Lipinski definition) is 0. The number of imide groups is 1. The number of fused-ring (bicyclic) bond motifs is 5. The molecule has 3 aliphatic rings. The Morgan fingerprint density at radius 3 is 2.00 bits per heavy atom. The van der Waals surface area contributed by atoms with Gasteiger partial charge >= 0.3 is 0 Å². The van der Waals surface area contributed by atoms with E-state index in [1.807, 2.05) is 12.2 Å². The zero-order valence-corrected chi connectivity index (χ0v) is 9.82. The summed E-state index contributed by atoms with van der Waals surface area (Å²) in [5, 5.41) is 0. The number of benzene rings is 1. The summed E-state index contributed by atoms with van der Waals surface area (Å²) in [6.07, 6.45) is 3.09. The Bertz CT molecular complexity index is 580. The molecule has 0 aromatic heterocycles. The molecule has 3 heterocycles. The second-order valence-electron chi connectivity index (χ2n) is 4.99. The molecule has 0 radical (unpaired) electrons. The summed E-state index contributed by atoms with van der Waals surface area (Å²) in [6.45, 7) is 0. The second-order valence-corrected chi connectivity index (χ2v) is 4.99. The van der Waals surface area contributed by atoms with Crippen LogP contribution >= 0.6 is 0 Å². The van der Waals surface area contributed by atoms with Crippen LogP contribution in [0.5, 0.6) is 0 Å². The Kier molecular flexibility index (Phi) is 2.01. The lowest BCUT2D eigenvalue weighted by molar-refractivity contribution is -0.124. The van der Waals surface area contributed by atoms with Gasteiger partial charge in [-0.05, 0) is 24.3 Å². The maximum absolute atomic E-state index is 12.9. The van der Waals surface area contributed by atoms with Crippen LogP contribution in [0.15, 0.2) is 36.4 Å². The summed E-state index contributed by atoms with van der Waals surface area (Å²) in [5.41, 5.74) is 0.421. The number of halogens is 1. The number of amides is 2. The van der Waals surface area contributed by atoms with E-state index in [2.05, 4.69) is 0 Å². The van der Waals surface area contributed by atoms with Crippen molar-refractivity contribution in [3.05, 3.63) is 42.2 Å². The van der Waals surface area contributed by atoms with Gasteiger partial charge in [-0.3, -0.25) is 9.59 Å². The van der Waals surface area contributed by atoms with E-state index in [9.17, 15) is 14.0 Å². The Labute approximate surface area is 108 Å². The summed E-state index contributed by atoms with van der Waals surface area (Å²) in [6, 6.07) is 5.38. The van der Waals surface area contributed by atoms with Crippen LogP contribution in [0.2, 0.25) is 0 Å². The first kappa shape index (κ1) is 10.9. The van der Waals surface area contributed by atoms with Gasteiger partial charge in [-0.15, -0.1) is 0 Å². The van der Waals surface area contributed by atoms with Crippen molar-refractivity contribution in [1.29, 1.82) is 0 Å². The van der Waals surface area contributed by atoms with E-state index < -0.39 is 17.7 Å². The van der Waals surface area contributed by atoms with Gasteiger partial charge < -0.3 is 4.74 Å². The van der Waals surface area contributed by atoms with E-state index in [0.717, 1.165) is 4.90 Å². The quantitative estimate of drug-likeness (QED) is 0.563. The smallest absolute Gasteiger partial charge is 0.240 e. The van der Waals surface area contributed by atoms with Crippen LogP contribution in [0.1, 0.15) is 0 Å². The molecule has 3 aliphatic heterocycles. The monoisotopic (exact) mass is 259 g/mol. The highest BCUT2D eigenvalue weighted by Crippen LogP contribution is 2.46. The molecule has 4 atom stereocenters. The van der Waals surface area contributed by atoms with E-state index in [-0.39, 0.29) is 24.0 Å². The zero-order chi connectivity index (χ0) is 13.1. The maximum Gasteiger partial charge on any atom is 0.240 e. The number of ether oxygens (including phenoxy) is 1. The molecule has 0 unspecified atom stereocenters. The van der Waals surface area contributed by atoms with Crippen LogP contribution in [0.25, 0.3) is 0 Å². The lowest BCUT2D eigenvalue weighted by Gasteiger charge is -2.17. The molecule has 0 aliphatic carbocycles. The lowest BCUT2D eigenvalue weighted by Crippen LogP contribution is -2.34. The van der Waals surface area contributed by atoms with Gasteiger partial charge in [-0.25, -0.2) is 9.29 Å². The molecule has 2 amide bonds. The zero-order valence-electron chi connectivity index (χ0n) is 9.82. The molecule has 4 nitrogen and oxygen atoms in total. The molecule has 5 heteroatoms. The van der Waals surface area contributed by atoms with Gasteiger partial charge in [0.1, 0.15) is 5.82 Å². The summed E-state index contributed by atoms with van der Waals surface area (Å²) >= 11 is 0. The molecule has 4 rings (SSSR count). The minimum atomic E-state index is -0.424. The third-order valence-corrected chi connectivity index (χ3v) is 4.00. The average molecular weight is 259 g/mol. The van der Waals surface area contributed by atoms with Crippen molar-refractivity contribution in [3.8, 4) is 0 Å². The molecule has 2 fully saturated rings. The highest BCUT2D eigenvalue weighted by Gasteiger charge is 2.60. The van der Waals surface area contributed by atoms with E-state index in [0.29, 0.717) is 5.69 Å². The number of anilines is 1. The average Bonchev–Trinajstić information content (AvgIpc) is 3.06. The van der Waals surface area contributed by atoms with Crippen molar-refractivity contribution in [1.82, 2.24) is 0 Å². The fourth-order valence-corrected chi connectivity index (χ4v) is 3.15. The van der Waals surface area contributed by atoms with Gasteiger partial charge in [0.25, 0.3) is 0 Å². The standard InChI is InChI=1S/C14H10FNO3/c15-7-1-3-8(4-2-7)16-13(17)11-9-5-6-10(19-9)12(11)14(16)18/h1-6,9-12H/t9-,10-,11-,12-/m1/s1. The van der Waals surface area contributed by atoms with Crippen LogP contribution in [0.4, 0.5) is 10.1 Å². The number of carbonyl (C=O) groups is 2. The Morgan fingerprint density at radius 2 is 1.47 bits per heavy atom. The first-order chi connectivity index (χ1) is 9.16. The molecule has 1 aromatic rings. The normalized spacial score (nSPS) is 35.3. The first-order valence-electron chi connectivity index (χ1n) is 6.14. The molecule has 96 valence electrons. The third-order valence-electron chi connectivity index (χ3n) is 4.00. The van der Waals surface area contributed by atoms with Crippen molar-refractivity contribution in [2.75, 3.05) is 4.90 Å². The SMILES string of the molecule is O=C1[C@H]2[C@H](C(=O)N1c1ccc(F)cc1)[C@H]1C=C[C@H]2O1. The van der Waals surface area contributed by atoms with Crippen LogP contribution in [-0.2, 0) is 14.3 Å². The van der Waals surface area contributed by atoms with Crippen molar-refractivity contribution in [2.45, 2.75) is 12.2 Å². The van der Waals surface area contributed by atoms with Crippen molar-refractivity contribution >= 4 is 17.5 Å². The molecule has 2 saturated heterocycles. The number of hydrogen-bond acceptors (Lipinski definition) is 3. The van der Waals surface area contributed by atoms with Gasteiger partial charge in [-0.2, -0.15) is 0 Å². The molecule has 1 aromatic carbocycles. The van der Waals surface area contributed by atoms with Crippen molar-refractivity contribution in [3.63, 3.8) is 0 Å². The van der Waals surface area contributed by atoms with E-state index in [1.165, 1.54) is 24.3 Å². The largest absolute Gasteiger partial charge is 0.365 e. The minimum absolute atomic E-state index is 0.251. The van der Waals surface area contributed by atoms with E-state index in [4.69, 9.17) is 4.74 Å². The van der Waals surface area contributed by atoms with Crippen molar-refractivity contribution < 1.29 is 18.7 Å². The fourth-order valence-electron chi connectivity index (χ4n) is 3.15. The maximum atomic E-state index is 12.9. The topological polar surface area (TPSA) is 46.6 Å². The number of carbonyl (C=O) groups excluding carboxylic acids is 2. The van der Waals surface area contributed by atoms with E-state index >= 15 is 0 Å². The van der Waals surface area contributed by atoms with E-state index in [1.54, 1.807) is 0 Å². The molecule has 0 spiro atoms. The summed E-state index contributed by atoms with van der Waals surface area (Å²) in [4.78, 5) is 25.9. The summed E-state index contributed by atoms with van der Waals surface area (Å²) in [7, 11) is 0. The van der Waals surface area contributed by atoms with Gasteiger partial charge in [0, 0.05) is 0 Å². The highest BCUT2D eigenvalue weighted by atomic mass is 19.1. The van der Waals surface area contributed by atoms with Crippen LogP contribution in [-0.4, -0.2) is 24.0 Å². The van der Waals surface area contributed by atoms with Gasteiger partial charge in [0.05, 0.1) is 29.7 Å². The van der Waals surface area contributed by atoms with Gasteiger partial charge in [0.2, 0.25) is 11.8 Å². The third kappa shape index (κ3) is 1.30. The lowest BCUT2D eigenvalue weighted by atomic mass is 9.85. The molecular formula is C14H10FNO3. The Morgan fingerprint density at radius 1 is 0.947 bits per heavy atom. The molecule has 19 heavy (non-hydrogen) atoms. The Hall–Kier alpha value is -2.01. The minimum Gasteiger partial charge on any atom is -0.365 e. The second kappa shape index (κ2) is 3.51. The number of nitrogens with zero attached hydrogens (tertiary/aromatic N) is 1. The molecule has 2 bridgehead atoms. The predicted molar refractivity (Wildman–Crippen MR) is 63.7 cm³/mol. The van der Waals surface area contributed by atoms with Gasteiger partial charge in [-0.1, -0.05) is 12.2 Å². The summed E-state index contributed by atoms with van der Waals surface area (Å²) in [5.74, 6) is -1.75. The Balaban J connectivity index is 1.74. The van der Waals surface area contributed by atoms with Crippen LogP contribution in [0, 0.1) is 17.7 Å². The molecule has 0 saturated carbocycles. The first-order valence-corrected chi connectivity index (χ1v) is 6.14. The molecular weight excluding hydrogens is 249 g/mol. The highest BCUT2D eigenvalue weighted by molar-refractivity contribution is 6.23. The predicted octanol–water partition coefficient (Wildman–Crippen LogP) is 1.27. The van der Waals surface area contributed by atoms with Crippen LogP contribution in [0.3, 0.4) is 0 Å². The van der Waals surface area contributed by atoms with Crippen molar-refractivity contribution in [2.24, 2.45) is 11.8 Å².